The molecule has 1 aliphatic rings. The van der Waals surface area contributed by atoms with Gasteiger partial charge in [0.2, 0.25) is 0 Å². The Hall–Kier alpha value is -0.910. The molecule has 1 aliphatic heterocycles. The summed E-state index contributed by atoms with van der Waals surface area (Å²) in [6, 6.07) is 5.62. The van der Waals surface area contributed by atoms with Crippen molar-refractivity contribution in [1.82, 2.24) is 5.32 Å². The molecule has 1 atom stereocenters. The van der Waals surface area contributed by atoms with Crippen molar-refractivity contribution in [3.8, 4) is 0 Å². The lowest BCUT2D eigenvalue weighted by atomic mass is 10.1. The second-order valence-corrected chi connectivity index (χ2v) is 5.01. The van der Waals surface area contributed by atoms with Crippen molar-refractivity contribution in [1.29, 1.82) is 0 Å². The zero-order valence-electron chi connectivity index (χ0n) is 10.2. The zero-order chi connectivity index (χ0) is 13.0. The van der Waals surface area contributed by atoms with E-state index >= 15 is 0 Å². The SMILES string of the molecule is Cc1cccc(C(=O)NCC2COCCO2)c1Br. The molecule has 0 spiro atoms. The number of halogens is 1. The van der Waals surface area contributed by atoms with Crippen LogP contribution in [-0.4, -0.2) is 38.4 Å². The Kier molecular flexibility index (Phi) is 4.74. The molecule has 1 heterocycles. The highest BCUT2D eigenvalue weighted by Crippen LogP contribution is 2.20. The minimum Gasteiger partial charge on any atom is -0.376 e. The van der Waals surface area contributed by atoms with Crippen LogP contribution < -0.4 is 5.32 Å². The number of carbonyl (C=O) groups is 1. The van der Waals surface area contributed by atoms with E-state index in [4.69, 9.17) is 9.47 Å². The molecule has 0 bridgehead atoms. The van der Waals surface area contributed by atoms with Gasteiger partial charge in [-0.1, -0.05) is 12.1 Å². The summed E-state index contributed by atoms with van der Waals surface area (Å²) < 4.78 is 11.6. The third-order valence-electron chi connectivity index (χ3n) is 2.81. The predicted molar refractivity (Wildman–Crippen MR) is 71.8 cm³/mol. The molecule has 5 heteroatoms. The molecule has 0 aliphatic carbocycles. The number of benzene rings is 1. The van der Waals surface area contributed by atoms with Crippen LogP contribution in [0.1, 0.15) is 15.9 Å². The average molecular weight is 314 g/mol. The smallest absolute Gasteiger partial charge is 0.252 e. The van der Waals surface area contributed by atoms with Gasteiger partial charge in [0.25, 0.3) is 5.91 Å². The van der Waals surface area contributed by atoms with Gasteiger partial charge in [0, 0.05) is 11.0 Å². The topological polar surface area (TPSA) is 47.6 Å². The summed E-state index contributed by atoms with van der Waals surface area (Å²) in [5.41, 5.74) is 1.69. The van der Waals surface area contributed by atoms with Gasteiger partial charge < -0.3 is 14.8 Å². The number of rotatable bonds is 3. The third-order valence-corrected chi connectivity index (χ3v) is 3.86. The van der Waals surface area contributed by atoms with Crippen molar-refractivity contribution in [2.75, 3.05) is 26.4 Å². The van der Waals surface area contributed by atoms with Crippen LogP contribution in [0.3, 0.4) is 0 Å². The summed E-state index contributed by atoms with van der Waals surface area (Å²) in [7, 11) is 0. The van der Waals surface area contributed by atoms with Crippen molar-refractivity contribution >= 4 is 21.8 Å². The van der Waals surface area contributed by atoms with Crippen LogP contribution in [0.5, 0.6) is 0 Å². The monoisotopic (exact) mass is 313 g/mol. The van der Waals surface area contributed by atoms with Gasteiger partial charge >= 0.3 is 0 Å². The molecule has 4 nitrogen and oxygen atoms in total. The highest BCUT2D eigenvalue weighted by molar-refractivity contribution is 9.10. The van der Waals surface area contributed by atoms with E-state index in [-0.39, 0.29) is 12.0 Å². The van der Waals surface area contributed by atoms with E-state index in [1.165, 1.54) is 0 Å². The summed E-state index contributed by atoms with van der Waals surface area (Å²) >= 11 is 3.43. The van der Waals surface area contributed by atoms with Crippen molar-refractivity contribution in [3.05, 3.63) is 33.8 Å². The van der Waals surface area contributed by atoms with Crippen LogP contribution in [0.2, 0.25) is 0 Å². The number of nitrogens with one attached hydrogen (secondary N) is 1. The molecule has 1 aromatic rings. The first-order chi connectivity index (χ1) is 8.68. The molecule has 1 amide bonds. The Labute approximate surface area is 115 Å². The first kappa shape index (κ1) is 13.5. The van der Waals surface area contributed by atoms with Gasteiger partial charge in [-0.3, -0.25) is 4.79 Å². The first-order valence-corrected chi connectivity index (χ1v) is 6.70. The number of carbonyl (C=O) groups excluding carboxylic acids is 1. The van der Waals surface area contributed by atoms with Crippen molar-refractivity contribution < 1.29 is 14.3 Å². The van der Waals surface area contributed by atoms with Gasteiger partial charge in [-0.05, 0) is 34.5 Å². The highest BCUT2D eigenvalue weighted by atomic mass is 79.9. The number of amides is 1. The quantitative estimate of drug-likeness (QED) is 0.927. The number of hydrogen-bond donors (Lipinski definition) is 1. The van der Waals surface area contributed by atoms with E-state index in [1.54, 1.807) is 6.07 Å². The summed E-state index contributed by atoms with van der Waals surface area (Å²) in [4.78, 5) is 12.0. The maximum absolute atomic E-state index is 12.0. The summed E-state index contributed by atoms with van der Waals surface area (Å²) in [5, 5.41) is 2.86. The number of aryl methyl sites for hydroxylation is 1. The molecule has 98 valence electrons. The minimum atomic E-state index is -0.0975. The molecule has 1 fully saturated rings. The van der Waals surface area contributed by atoms with Gasteiger partial charge in [0.05, 0.1) is 31.5 Å². The van der Waals surface area contributed by atoms with E-state index in [9.17, 15) is 4.79 Å². The van der Waals surface area contributed by atoms with Crippen LogP contribution >= 0.6 is 15.9 Å². The zero-order valence-corrected chi connectivity index (χ0v) is 11.8. The molecule has 1 unspecified atom stereocenters. The van der Waals surface area contributed by atoms with Crippen molar-refractivity contribution in [2.24, 2.45) is 0 Å². The van der Waals surface area contributed by atoms with Crippen molar-refractivity contribution in [2.45, 2.75) is 13.0 Å². The van der Waals surface area contributed by atoms with Crippen LogP contribution in [-0.2, 0) is 9.47 Å². The summed E-state index contributed by atoms with van der Waals surface area (Å²) in [5.74, 6) is -0.0975. The maximum Gasteiger partial charge on any atom is 0.252 e. The number of hydrogen-bond acceptors (Lipinski definition) is 3. The second-order valence-electron chi connectivity index (χ2n) is 4.21. The normalized spacial score (nSPS) is 19.6. The molecule has 0 aromatic heterocycles. The predicted octanol–water partition coefficient (Wildman–Crippen LogP) is 1.90. The lowest BCUT2D eigenvalue weighted by Crippen LogP contribution is -2.39. The van der Waals surface area contributed by atoms with E-state index in [0.717, 1.165) is 10.0 Å². The van der Waals surface area contributed by atoms with Crippen LogP contribution in [0.4, 0.5) is 0 Å². The van der Waals surface area contributed by atoms with E-state index < -0.39 is 0 Å². The third kappa shape index (κ3) is 3.31. The molecule has 18 heavy (non-hydrogen) atoms. The minimum absolute atomic E-state index is 0.0497. The van der Waals surface area contributed by atoms with E-state index in [0.29, 0.717) is 31.9 Å². The Bertz CT molecular complexity index is 430. The fourth-order valence-corrected chi connectivity index (χ4v) is 2.22. The lowest BCUT2D eigenvalue weighted by Gasteiger charge is -2.23. The Morgan fingerprint density at radius 3 is 3.06 bits per heavy atom. The largest absolute Gasteiger partial charge is 0.376 e. The first-order valence-electron chi connectivity index (χ1n) is 5.91. The Balaban J connectivity index is 1.93. The average Bonchev–Trinajstić information content (AvgIpc) is 2.40. The number of ether oxygens (including phenoxy) is 2. The van der Waals surface area contributed by atoms with Crippen LogP contribution in [0, 0.1) is 6.92 Å². The van der Waals surface area contributed by atoms with Crippen LogP contribution in [0.25, 0.3) is 0 Å². The van der Waals surface area contributed by atoms with Gasteiger partial charge in [-0.15, -0.1) is 0 Å². The lowest BCUT2D eigenvalue weighted by molar-refractivity contribution is -0.0855. The molecular formula is C13H16BrNO3. The van der Waals surface area contributed by atoms with Crippen LogP contribution in [0.15, 0.2) is 22.7 Å². The fourth-order valence-electron chi connectivity index (χ4n) is 1.78. The molecule has 0 radical (unpaired) electrons. The molecule has 1 saturated heterocycles. The fraction of sp³-hybridized carbons (Fsp3) is 0.462. The maximum atomic E-state index is 12.0. The van der Waals surface area contributed by atoms with Gasteiger partial charge in [-0.2, -0.15) is 0 Å². The molecular weight excluding hydrogens is 298 g/mol. The van der Waals surface area contributed by atoms with Crippen molar-refractivity contribution in [3.63, 3.8) is 0 Å². The summed E-state index contributed by atoms with van der Waals surface area (Å²) in [6.07, 6.45) is -0.0497. The van der Waals surface area contributed by atoms with E-state index in [2.05, 4.69) is 21.2 Å². The molecule has 2 rings (SSSR count). The second kappa shape index (κ2) is 6.31. The molecule has 0 saturated carbocycles. The van der Waals surface area contributed by atoms with Gasteiger partial charge in [0.1, 0.15) is 0 Å². The van der Waals surface area contributed by atoms with E-state index in [1.807, 2.05) is 19.1 Å². The Morgan fingerprint density at radius 2 is 2.33 bits per heavy atom. The van der Waals surface area contributed by atoms with Gasteiger partial charge in [-0.25, -0.2) is 0 Å². The standard InChI is InChI=1S/C13H16BrNO3/c1-9-3-2-4-11(12(9)14)13(16)15-7-10-8-17-5-6-18-10/h2-4,10H,5-8H2,1H3,(H,15,16). The Morgan fingerprint density at radius 1 is 1.50 bits per heavy atom. The molecule has 1 N–H and O–H groups in total. The molecule has 1 aromatic carbocycles. The van der Waals surface area contributed by atoms with Gasteiger partial charge in [0.15, 0.2) is 0 Å². The highest BCUT2D eigenvalue weighted by Gasteiger charge is 2.17. The summed E-state index contributed by atoms with van der Waals surface area (Å²) in [6.45, 7) is 4.19.